The van der Waals surface area contributed by atoms with Gasteiger partial charge < -0.3 is 10.2 Å². The maximum Gasteiger partial charge on any atom is 0.246 e. The Morgan fingerprint density at radius 3 is 3.03 bits per heavy atom. The number of rotatable bonds is 8. The van der Waals surface area contributed by atoms with E-state index in [9.17, 15) is 4.79 Å². The molecule has 0 bridgehead atoms. The molecule has 2 aliphatic rings. The molecule has 2 N–H and O–H groups in total. The molecule has 34 heavy (non-hydrogen) atoms. The van der Waals surface area contributed by atoms with Gasteiger partial charge in [-0.3, -0.25) is 14.6 Å². The number of carbonyl (C=O) groups excluding carboxylic acids is 1. The van der Waals surface area contributed by atoms with Gasteiger partial charge in [-0.15, -0.1) is 5.10 Å². The van der Waals surface area contributed by atoms with E-state index < -0.39 is 5.54 Å². The number of aryl methyl sites for hydroxylation is 1. The predicted octanol–water partition coefficient (Wildman–Crippen LogP) is 3.46. The van der Waals surface area contributed by atoms with Crippen molar-refractivity contribution < 1.29 is 4.79 Å². The summed E-state index contributed by atoms with van der Waals surface area (Å²) in [5.41, 5.74) is 2.28. The molecular weight excluding hydrogens is 430 g/mol. The van der Waals surface area contributed by atoms with Crippen molar-refractivity contribution >= 4 is 28.9 Å². The van der Waals surface area contributed by atoms with Crippen LogP contribution in [0.3, 0.4) is 0 Å². The average molecular weight is 460 g/mol. The first-order valence-electron chi connectivity index (χ1n) is 12.0. The largest absolute Gasteiger partial charge is 0.327 e. The third kappa shape index (κ3) is 3.53. The van der Waals surface area contributed by atoms with Crippen LogP contribution in [-0.2, 0) is 17.8 Å². The smallest absolute Gasteiger partial charge is 0.246 e. The minimum atomic E-state index is -0.674. The molecule has 176 valence electrons. The van der Waals surface area contributed by atoms with Crippen LogP contribution in [0.15, 0.2) is 36.7 Å². The van der Waals surface area contributed by atoms with Crippen LogP contribution >= 0.6 is 0 Å². The summed E-state index contributed by atoms with van der Waals surface area (Å²) in [5, 5.41) is 20.0. The SMILES string of the molecule is CCn1nccc1CC(=O)[C@]1(C)CCCN1c1nc(Nc2cc(C3CC3)[nH]n2)c2cccn2n1. The van der Waals surface area contributed by atoms with Crippen LogP contribution in [-0.4, -0.2) is 52.4 Å². The number of aromatic nitrogens is 7. The van der Waals surface area contributed by atoms with Crippen molar-refractivity contribution in [1.29, 1.82) is 0 Å². The topological polar surface area (TPSA) is 109 Å². The number of carbonyl (C=O) groups is 1. The second kappa shape index (κ2) is 7.96. The fourth-order valence-corrected chi connectivity index (χ4v) is 4.98. The van der Waals surface area contributed by atoms with E-state index in [1.807, 2.05) is 47.4 Å². The van der Waals surface area contributed by atoms with Crippen molar-refractivity contribution in [1.82, 2.24) is 34.6 Å². The maximum atomic E-state index is 13.6. The molecule has 0 radical (unpaired) electrons. The fourth-order valence-electron chi connectivity index (χ4n) is 4.98. The number of fused-ring (bicyclic) bond motifs is 1. The highest BCUT2D eigenvalue weighted by Gasteiger charge is 2.44. The maximum absolute atomic E-state index is 13.6. The number of Topliss-reactive ketones (excluding diaryl/α,β-unsaturated/α-hetero) is 1. The predicted molar refractivity (Wildman–Crippen MR) is 128 cm³/mol. The molecule has 2 fully saturated rings. The molecule has 0 amide bonds. The molecule has 0 unspecified atom stereocenters. The standard InChI is InChI=1S/C24H29N9O/c1-3-32-17(9-11-25-32)14-20(34)24(2)10-5-12-31(24)23-27-22(19-6-4-13-33(19)30-23)26-21-15-18(28-29-21)16-7-8-16/h4,6,9,11,13,15-16H,3,5,7-8,10,12,14H2,1-2H3,(H2,26,27,28,29,30)/t24-/m0/s1. The molecule has 0 spiro atoms. The molecule has 1 aliphatic heterocycles. The Labute approximate surface area is 197 Å². The van der Waals surface area contributed by atoms with Gasteiger partial charge in [-0.25, -0.2) is 4.52 Å². The number of H-pyrrole nitrogens is 1. The fraction of sp³-hybridized carbons (Fsp3) is 0.458. The number of hydrogen-bond acceptors (Lipinski definition) is 7. The summed E-state index contributed by atoms with van der Waals surface area (Å²) in [6, 6.07) is 7.90. The van der Waals surface area contributed by atoms with E-state index in [-0.39, 0.29) is 5.78 Å². The second-order valence-electron chi connectivity index (χ2n) is 9.47. The van der Waals surface area contributed by atoms with Gasteiger partial charge in [0.1, 0.15) is 5.52 Å². The number of nitrogens with zero attached hydrogens (tertiary/aromatic N) is 7. The lowest BCUT2D eigenvalue weighted by Gasteiger charge is -2.34. The lowest BCUT2D eigenvalue weighted by Crippen LogP contribution is -2.50. The van der Waals surface area contributed by atoms with Gasteiger partial charge >= 0.3 is 0 Å². The number of aromatic amines is 1. The van der Waals surface area contributed by atoms with Gasteiger partial charge in [0, 0.05) is 48.9 Å². The Morgan fingerprint density at radius 1 is 1.32 bits per heavy atom. The van der Waals surface area contributed by atoms with Gasteiger partial charge in [-0.05, 0) is 57.7 Å². The molecular formula is C24H29N9O. The summed E-state index contributed by atoms with van der Waals surface area (Å²) in [6.45, 7) is 5.52. The third-order valence-electron chi connectivity index (χ3n) is 7.17. The van der Waals surface area contributed by atoms with Crippen molar-refractivity contribution in [2.75, 3.05) is 16.8 Å². The number of ketones is 1. The molecule has 0 aromatic carbocycles. The third-order valence-corrected chi connectivity index (χ3v) is 7.17. The quantitative estimate of drug-likeness (QED) is 0.415. The Kier molecular flexibility index (Phi) is 4.89. The monoisotopic (exact) mass is 459 g/mol. The highest BCUT2D eigenvalue weighted by atomic mass is 16.1. The first kappa shape index (κ1) is 20.9. The summed E-state index contributed by atoms with van der Waals surface area (Å²) in [7, 11) is 0. The molecule has 6 rings (SSSR count). The van der Waals surface area contributed by atoms with Gasteiger partial charge in [-0.1, -0.05) is 0 Å². The van der Waals surface area contributed by atoms with E-state index in [0.29, 0.717) is 24.1 Å². The first-order valence-corrected chi connectivity index (χ1v) is 12.0. The van der Waals surface area contributed by atoms with Crippen LogP contribution in [0, 0.1) is 0 Å². The summed E-state index contributed by atoms with van der Waals surface area (Å²) >= 11 is 0. The van der Waals surface area contributed by atoms with E-state index in [2.05, 4.69) is 31.6 Å². The van der Waals surface area contributed by atoms with Crippen molar-refractivity contribution in [2.45, 2.75) is 64.0 Å². The van der Waals surface area contributed by atoms with Crippen LogP contribution in [0.2, 0.25) is 0 Å². The molecule has 1 saturated carbocycles. The Hall–Kier alpha value is -3.69. The zero-order chi connectivity index (χ0) is 23.3. The van der Waals surface area contributed by atoms with Crippen LogP contribution < -0.4 is 10.2 Å². The zero-order valence-corrected chi connectivity index (χ0v) is 19.5. The van der Waals surface area contributed by atoms with Crippen LogP contribution in [0.1, 0.15) is 56.8 Å². The number of anilines is 3. The molecule has 1 atom stereocenters. The Balaban J connectivity index is 1.31. The summed E-state index contributed by atoms with van der Waals surface area (Å²) < 4.78 is 3.69. The Morgan fingerprint density at radius 2 is 2.21 bits per heavy atom. The highest BCUT2D eigenvalue weighted by Crippen LogP contribution is 2.40. The number of hydrogen-bond donors (Lipinski definition) is 2. The van der Waals surface area contributed by atoms with Gasteiger partial charge in [0.25, 0.3) is 0 Å². The van der Waals surface area contributed by atoms with Gasteiger partial charge in [0.15, 0.2) is 17.4 Å². The number of nitrogens with one attached hydrogen (secondary N) is 2. The van der Waals surface area contributed by atoms with Gasteiger partial charge in [0.2, 0.25) is 5.95 Å². The molecule has 10 heteroatoms. The minimum absolute atomic E-state index is 0.160. The van der Waals surface area contributed by atoms with Crippen LogP contribution in [0.5, 0.6) is 0 Å². The molecule has 1 aliphatic carbocycles. The van der Waals surface area contributed by atoms with Crippen molar-refractivity contribution in [2.24, 2.45) is 0 Å². The van der Waals surface area contributed by atoms with Crippen molar-refractivity contribution in [3.8, 4) is 0 Å². The van der Waals surface area contributed by atoms with Crippen molar-refractivity contribution in [3.05, 3.63) is 48.0 Å². The van der Waals surface area contributed by atoms with Crippen molar-refractivity contribution in [3.63, 3.8) is 0 Å². The molecule has 5 heterocycles. The van der Waals surface area contributed by atoms with E-state index >= 15 is 0 Å². The zero-order valence-electron chi connectivity index (χ0n) is 19.5. The van der Waals surface area contributed by atoms with Crippen LogP contribution in [0.25, 0.3) is 5.52 Å². The molecule has 4 aromatic rings. The highest BCUT2D eigenvalue weighted by molar-refractivity contribution is 5.93. The normalized spacial score (nSPS) is 20.4. The van der Waals surface area contributed by atoms with E-state index in [4.69, 9.17) is 10.1 Å². The summed E-state index contributed by atoms with van der Waals surface area (Å²) in [4.78, 5) is 20.5. The van der Waals surface area contributed by atoms with Gasteiger partial charge in [-0.2, -0.15) is 15.2 Å². The Bertz CT molecular complexity index is 1350. The molecule has 10 nitrogen and oxygen atoms in total. The minimum Gasteiger partial charge on any atom is -0.327 e. The molecule has 4 aromatic heterocycles. The molecule has 1 saturated heterocycles. The summed E-state index contributed by atoms with van der Waals surface area (Å²) in [5.74, 6) is 2.71. The van der Waals surface area contributed by atoms with Gasteiger partial charge in [0.05, 0.1) is 12.0 Å². The lowest BCUT2D eigenvalue weighted by molar-refractivity contribution is -0.122. The average Bonchev–Trinajstić information content (AvgIpc) is 3.23. The van der Waals surface area contributed by atoms with E-state index in [1.165, 1.54) is 12.8 Å². The second-order valence-corrected chi connectivity index (χ2v) is 9.47. The first-order chi connectivity index (χ1) is 16.5. The lowest BCUT2D eigenvalue weighted by atomic mass is 9.90. The summed E-state index contributed by atoms with van der Waals surface area (Å²) in [6.07, 6.45) is 8.11. The van der Waals surface area contributed by atoms with E-state index in [1.54, 1.807) is 6.20 Å². The van der Waals surface area contributed by atoms with Crippen LogP contribution in [0.4, 0.5) is 17.6 Å². The van der Waals surface area contributed by atoms with E-state index in [0.717, 1.165) is 48.7 Å².